The standard InChI is InChI=1S/C41H35ClF3N5O6/c1-21-9-11-23(12-10-21)47-49-37(53)29-20-27-25(34(28-19-24(56-3)13-17-31(28)51)40(29,39(49)55)22-7-5-4-6-8-22)14-15-26-33(27)38(54)50(36(26)52)48(2)35-30(42)16-18-32(46-35)41(43,44)45/h4-14,16-19,26-27,29,33-34,47,51H,15,20H2,1-3H3. The van der Waals surface area contributed by atoms with E-state index in [0.29, 0.717) is 28.6 Å². The summed E-state index contributed by atoms with van der Waals surface area (Å²) in [6.45, 7) is 1.90. The van der Waals surface area contributed by atoms with Gasteiger partial charge in [-0.1, -0.05) is 71.3 Å². The van der Waals surface area contributed by atoms with Gasteiger partial charge < -0.3 is 9.84 Å². The van der Waals surface area contributed by atoms with E-state index in [-0.39, 0.29) is 29.2 Å². The number of nitrogens with zero attached hydrogens (tertiary/aromatic N) is 4. The largest absolute Gasteiger partial charge is 0.508 e. The van der Waals surface area contributed by atoms with E-state index in [1.165, 1.54) is 20.2 Å². The van der Waals surface area contributed by atoms with Gasteiger partial charge >= 0.3 is 6.18 Å². The van der Waals surface area contributed by atoms with Gasteiger partial charge in [-0.15, -0.1) is 0 Å². The SMILES string of the molecule is COc1ccc(O)c(C2C3=CCC4C(=O)N(N(C)c5nc(C(F)(F)F)ccc5Cl)C(=O)C4C3CC3C(=O)N(Nc4ccc(C)cc4)C(=O)C32c2ccccc2)c1. The number of alkyl halides is 3. The van der Waals surface area contributed by atoms with Gasteiger partial charge in [0.25, 0.3) is 23.6 Å². The summed E-state index contributed by atoms with van der Waals surface area (Å²) in [6.07, 6.45) is -3.04. The summed E-state index contributed by atoms with van der Waals surface area (Å²) in [5.41, 5.74) is 2.90. The summed E-state index contributed by atoms with van der Waals surface area (Å²) in [7, 11) is 2.69. The highest BCUT2D eigenvalue weighted by molar-refractivity contribution is 6.33. The number of aryl methyl sites for hydroxylation is 1. The summed E-state index contributed by atoms with van der Waals surface area (Å²) < 4.78 is 46.6. The highest BCUT2D eigenvalue weighted by Gasteiger charge is 2.71. The second-order valence-corrected chi connectivity index (χ2v) is 14.9. The van der Waals surface area contributed by atoms with Crippen molar-refractivity contribution in [3.8, 4) is 11.5 Å². The van der Waals surface area contributed by atoms with Gasteiger partial charge in [0.1, 0.15) is 17.2 Å². The molecule has 8 rings (SSSR count). The number of ether oxygens (including phenoxy) is 1. The van der Waals surface area contributed by atoms with Crippen molar-refractivity contribution in [3.05, 3.63) is 124 Å². The number of benzene rings is 3. The molecule has 4 aliphatic rings. The number of pyridine rings is 1. The molecule has 4 amide bonds. The monoisotopic (exact) mass is 785 g/mol. The highest BCUT2D eigenvalue weighted by atomic mass is 35.5. The maximum atomic E-state index is 15.3. The van der Waals surface area contributed by atoms with Crippen molar-refractivity contribution in [2.75, 3.05) is 24.6 Å². The lowest BCUT2D eigenvalue weighted by molar-refractivity contribution is -0.142. The Balaban J connectivity index is 1.29. The summed E-state index contributed by atoms with van der Waals surface area (Å²) in [5, 5.41) is 14.1. The quantitative estimate of drug-likeness (QED) is 0.153. The van der Waals surface area contributed by atoms with Crippen LogP contribution in [0.1, 0.15) is 41.1 Å². The normalized spacial score (nSPS) is 25.8. The number of carbonyl (C=O) groups excluding carboxylic acids is 4. The highest BCUT2D eigenvalue weighted by Crippen LogP contribution is 2.65. The average Bonchev–Trinajstić information content (AvgIpc) is 3.56. The molecule has 2 N–H and O–H groups in total. The number of allylic oxidation sites excluding steroid dienone is 2. The van der Waals surface area contributed by atoms with Crippen molar-refractivity contribution < 1.29 is 42.2 Å². The Morgan fingerprint density at radius 3 is 2.34 bits per heavy atom. The molecule has 1 aromatic heterocycles. The van der Waals surface area contributed by atoms with Crippen LogP contribution in [0.4, 0.5) is 24.7 Å². The number of halogens is 4. The molecule has 3 aromatic carbocycles. The molecule has 15 heteroatoms. The van der Waals surface area contributed by atoms with Crippen LogP contribution in [-0.4, -0.2) is 57.9 Å². The molecule has 2 aliphatic heterocycles. The number of hydrogen-bond donors (Lipinski definition) is 2. The molecule has 1 saturated carbocycles. The second kappa shape index (κ2) is 13.4. The van der Waals surface area contributed by atoms with Crippen LogP contribution in [0, 0.1) is 30.6 Å². The van der Waals surface area contributed by atoms with Crippen LogP contribution in [0.25, 0.3) is 0 Å². The number of phenols is 1. The third kappa shape index (κ3) is 5.52. The molecule has 11 nitrogen and oxygen atoms in total. The minimum Gasteiger partial charge on any atom is -0.508 e. The number of fused-ring (bicyclic) bond motifs is 4. The van der Waals surface area contributed by atoms with E-state index >= 15 is 4.79 Å². The molecule has 4 aromatic rings. The Morgan fingerprint density at radius 2 is 1.66 bits per heavy atom. The van der Waals surface area contributed by atoms with Gasteiger partial charge in [0.2, 0.25) is 0 Å². The van der Waals surface area contributed by atoms with Crippen molar-refractivity contribution in [1.29, 1.82) is 0 Å². The number of amides is 4. The fourth-order valence-corrected chi connectivity index (χ4v) is 9.40. The first-order valence-corrected chi connectivity index (χ1v) is 18.3. The first-order chi connectivity index (χ1) is 26.7. The number of aromatic hydroxyl groups is 1. The van der Waals surface area contributed by atoms with Gasteiger partial charge in [0.05, 0.1) is 41.0 Å². The molecule has 288 valence electrons. The van der Waals surface area contributed by atoms with E-state index in [1.807, 2.05) is 19.1 Å². The number of rotatable bonds is 7. The third-order valence-electron chi connectivity index (χ3n) is 11.6. The van der Waals surface area contributed by atoms with E-state index in [9.17, 15) is 32.7 Å². The number of anilines is 2. The van der Waals surface area contributed by atoms with Crippen LogP contribution in [0.3, 0.4) is 0 Å². The maximum Gasteiger partial charge on any atom is 0.433 e. The molecule has 6 unspecified atom stereocenters. The van der Waals surface area contributed by atoms with E-state index in [2.05, 4.69) is 10.4 Å². The zero-order chi connectivity index (χ0) is 39.8. The van der Waals surface area contributed by atoms with E-state index in [4.69, 9.17) is 16.3 Å². The number of hydrazine groups is 2. The van der Waals surface area contributed by atoms with Gasteiger partial charge in [-0.25, -0.2) is 4.98 Å². The van der Waals surface area contributed by atoms with Crippen molar-refractivity contribution in [2.24, 2.45) is 23.7 Å². The lowest BCUT2D eigenvalue weighted by Gasteiger charge is -2.50. The molecule has 3 fully saturated rings. The molecule has 0 spiro atoms. The number of carbonyl (C=O) groups is 4. The Morgan fingerprint density at radius 1 is 0.946 bits per heavy atom. The van der Waals surface area contributed by atoms with Gasteiger partial charge in [-0.2, -0.15) is 23.2 Å². The van der Waals surface area contributed by atoms with Crippen LogP contribution in [0.2, 0.25) is 5.02 Å². The topological polar surface area (TPSA) is 132 Å². The van der Waals surface area contributed by atoms with E-state index < -0.39 is 76.3 Å². The molecular formula is C41H35ClF3N5O6. The number of aromatic nitrogens is 1. The molecule has 2 aliphatic carbocycles. The molecule has 0 radical (unpaired) electrons. The third-order valence-corrected chi connectivity index (χ3v) is 11.9. The zero-order valence-electron chi connectivity index (χ0n) is 30.3. The van der Waals surface area contributed by atoms with Crippen molar-refractivity contribution in [1.82, 2.24) is 15.0 Å². The van der Waals surface area contributed by atoms with Crippen LogP contribution >= 0.6 is 11.6 Å². The van der Waals surface area contributed by atoms with E-state index in [0.717, 1.165) is 26.7 Å². The van der Waals surface area contributed by atoms with Crippen LogP contribution < -0.4 is 15.2 Å². The number of methoxy groups -OCH3 is 1. The van der Waals surface area contributed by atoms with Crippen molar-refractivity contribution in [3.63, 3.8) is 0 Å². The molecular weight excluding hydrogens is 751 g/mol. The Labute approximate surface area is 324 Å². The molecule has 0 bridgehead atoms. The Bertz CT molecular complexity index is 2320. The number of phenolic OH excluding ortho intramolecular Hbond substituents is 1. The van der Waals surface area contributed by atoms with Gasteiger partial charge in [-0.3, -0.25) is 29.6 Å². The van der Waals surface area contributed by atoms with Crippen LogP contribution in [0.5, 0.6) is 11.5 Å². The predicted octanol–water partition coefficient (Wildman–Crippen LogP) is 6.81. The summed E-state index contributed by atoms with van der Waals surface area (Å²) in [6, 6.07) is 22.3. The molecule has 6 atom stereocenters. The first-order valence-electron chi connectivity index (χ1n) is 17.9. The molecule has 2 saturated heterocycles. The number of hydrogen-bond acceptors (Lipinski definition) is 9. The number of imide groups is 2. The smallest absolute Gasteiger partial charge is 0.433 e. The fourth-order valence-electron chi connectivity index (χ4n) is 9.17. The maximum absolute atomic E-state index is 15.3. The van der Waals surface area contributed by atoms with E-state index in [1.54, 1.807) is 60.7 Å². The summed E-state index contributed by atoms with van der Waals surface area (Å²) in [5.74, 6) is -7.82. The summed E-state index contributed by atoms with van der Waals surface area (Å²) in [4.78, 5) is 62.6. The van der Waals surface area contributed by atoms with Gasteiger partial charge in [0.15, 0.2) is 5.82 Å². The van der Waals surface area contributed by atoms with Crippen LogP contribution in [-0.2, 0) is 30.8 Å². The Hall–Kier alpha value is -5.89. The lowest BCUT2D eigenvalue weighted by Crippen LogP contribution is -2.53. The lowest BCUT2D eigenvalue weighted by atomic mass is 9.49. The number of nitrogens with one attached hydrogen (secondary N) is 1. The Kier molecular flexibility index (Phi) is 8.87. The van der Waals surface area contributed by atoms with Crippen molar-refractivity contribution >= 4 is 46.7 Å². The minimum absolute atomic E-state index is 0.0272. The first kappa shape index (κ1) is 37.1. The minimum atomic E-state index is -4.83. The van der Waals surface area contributed by atoms with Crippen LogP contribution in [0.15, 0.2) is 96.6 Å². The second-order valence-electron chi connectivity index (χ2n) is 14.5. The molecule has 56 heavy (non-hydrogen) atoms. The van der Waals surface area contributed by atoms with Gasteiger partial charge in [-0.05, 0) is 73.7 Å². The fraction of sp³-hybridized carbons (Fsp3) is 0.293. The predicted molar refractivity (Wildman–Crippen MR) is 198 cm³/mol. The molecule has 3 heterocycles. The average molecular weight is 786 g/mol. The zero-order valence-corrected chi connectivity index (χ0v) is 31.0. The summed E-state index contributed by atoms with van der Waals surface area (Å²) >= 11 is 6.30. The van der Waals surface area contributed by atoms with Crippen molar-refractivity contribution in [2.45, 2.75) is 37.3 Å². The van der Waals surface area contributed by atoms with Gasteiger partial charge in [0, 0.05) is 18.5 Å².